The van der Waals surface area contributed by atoms with E-state index in [9.17, 15) is 4.79 Å². The van der Waals surface area contributed by atoms with Crippen molar-refractivity contribution in [3.8, 4) is 11.8 Å². The SMILES string of the molecule is Cc1c(C(=O)NCC(C)C)nnn1-c1cccc2c1CCN(c1ccc(C#N)cn1)C2. The van der Waals surface area contributed by atoms with Crippen molar-refractivity contribution in [2.24, 2.45) is 5.92 Å². The topological polar surface area (TPSA) is 99.7 Å². The average Bonchev–Trinajstić information content (AvgIpc) is 3.17. The minimum Gasteiger partial charge on any atom is -0.352 e. The van der Waals surface area contributed by atoms with Gasteiger partial charge in [-0.3, -0.25) is 4.79 Å². The van der Waals surface area contributed by atoms with Crippen LogP contribution >= 0.6 is 0 Å². The summed E-state index contributed by atoms with van der Waals surface area (Å²) in [6, 6.07) is 11.9. The molecule has 8 nitrogen and oxygen atoms in total. The molecule has 31 heavy (non-hydrogen) atoms. The molecular weight excluding hydrogens is 390 g/mol. The predicted octanol–water partition coefficient (Wildman–Crippen LogP) is 2.79. The van der Waals surface area contributed by atoms with Crippen LogP contribution in [0, 0.1) is 24.2 Å². The second kappa shape index (κ2) is 8.56. The Morgan fingerprint density at radius 3 is 2.84 bits per heavy atom. The third-order valence-corrected chi connectivity index (χ3v) is 5.45. The molecule has 8 heteroatoms. The number of carbonyl (C=O) groups excluding carboxylic acids is 1. The Kier molecular flexibility index (Phi) is 5.67. The number of benzene rings is 1. The van der Waals surface area contributed by atoms with Gasteiger partial charge in [0.2, 0.25) is 0 Å². The molecule has 0 atom stereocenters. The maximum atomic E-state index is 12.5. The van der Waals surface area contributed by atoms with Crippen molar-refractivity contribution in [2.75, 3.05) is 18.0 Å². The van der Waals surface area contributed by atoms with Crippen molar-refractivity contribution < 1.29 is 4.79 Å². The van der Waals surface area contributed by atoms with Crippen molar-refractivity contribution >= 4 is 11.7 Å². The molecule has 1 amide bonds. The molecule has 158 valence electrons. The van der Waals surface area contributed by atoms with Gasteiger partial charge in [0.15, 0.2) is 5.69 Å². The Balaban J connectivity index is 1.59. The fraction of sp³-hybridized carbons (Fsp3) is 0.348. The summed E-state index contributed by atoms with van der Waals surface area (Å²) < 4.78 is 1.76. The van der Waals surface area contributed by atoms with E-state index in [0.717, 1.165) is 36.7 Å². The summed E-state index contributed by atoms with van der Waals surface area (Å²) in [5.74, 6) is 1.03. The predicted molar refractivity (Wildman–Crippen MR) is 117 cm³/mol. The molecular formula is C23H25N7O. The Morgan fingerprint density at radius 2 is 2.13 bits per heavy atom. The molecule has 1 N–H and O–H groups in total. The Hall–Kier alpha value is -3.73. The zero-order valence-corrected chi connectivity index (χ0v) is 18.0. The van der Waals surface area contributed by atoms with Crippen LogP contribution < -0.4 is 10.2 Å². The Labute approximate surface area is 181 Å². The van der Waals surface area contributed by atoms with E-state index in [2.05, 4.69) is 51.5 Å². The van der Waals surface area contributed by atoms with Crippen molar-refractivity contribution in [3.63, 3.8) is 0 Å². The van der Waals surface area contributed by atoms with E-state index in [-0.39, 0.29) is 5.91 Å². The van der Waals surface area contributed by atoms with Crippen LogP contribution in [0.3, 0.4) is 0 Å². The summed E-state index contributed by atoms with van der Waals surface area (Å²) in [5, 5.41) is 20.3. The van der Waals surface area contributed by atoms with E-state index < -0.39 is 0 Å². The molecule has 1 aliphatic rings. The van der Waals surface area contributed by atoms with Crippen molar-refractivity contribution in [2.45, 2.75) is 33.7 Å². The zero-order valence-electron chi connectivity index (χ0n) is 18.0. The molecule has 0 saturated carbocycles. The first-order valence-corrected chi connectivity index (χ1v) is 10.4. The van der Waals surface area contributed by atoms with Crippen molar-refractivity contribution in [1.82, 2.24) is 25.3 Å². The van der Waals surface area contributed by atoms with Crippen LogP contribution in [-0.2, 0) is 13.0 Å². The number of hydrogen-bond donors (Lipinski definition) is 1. The second-order valence-electron chi connectivity index (χ2n) is 8.14. The van der Waals surface area contributed by atoms with Gasteiger partial charge in [-0.05, 0) is 48.6 Å². The summed E-state index contributed by atoms with van der Waals surface area (Å²) in [6.07, 6.45) is 2.42. The number of anilines is 1. The highest BCUT2D eigenvalue weighted by atomic mass is 16.2. The van der Waals surface area contributed by atoms with Gasteiger partial charge in [0.05, 0.1) is 16.9 Å². The van der Waals surface area contributed by atoms with E-state index in [4.69, 9.17) is 5.26 Å². The lowest BCUT2D eigenvalue weighted by Crippen LogP contribution is -2.31. The van der Waals surface area contributed by atoms with Crippen LogP contribution in [0.15, 0.2) is 36.5 Å². The highest BCUT2D eigenvalue weighted by Gasteiger charge is 2.23. The van der Waals surface area contributed by atoms with Crippen LogP contribution in [-0.4, -0.2) is 39.0 Å². The first-order chi connectivity index (χ1) is 15.0. The minimum absolute atomic E-state index is 0.194. The summed E-state index contributed by atoms with van der Waals surface area (Å²) in [6.45, 7) is 8.11. The quantitative estimate of drug-likeness (QED) is 0.688. The smallest absolute Gasteiger partial charge is 0.273 e. The molecule has 2 aromatic heterocycles. The van der Waals surface area contributed by atoms with E-state index in [1.54, 1.807) is 16.9 Å². The largest absolute Gasteiger partial charge is 0.352 e. The molecule has 3 aromatic rings. The molecule has 0 aliphatic carbocycles. The van der Waals surface area contributed by atoms with Crippen LogP contribution in [0.25, 0.3) is 5.69 Å². The lowest BCUT2D eigenvalue weighted by molar-refractivity contribution is 0.0943. The van der Waals surface area contributed by atoms with Gasteiger partial charge in [-0.25, -0.2) is 9.67 Å². The van der Waals surface area contributed by atoms with Crippen molar-refractivity contribution in [3.05, 3.63) is 64.6 Å². The van der Waals surface area contributed by atoms with E-state index in [0.29, 0.717) is 23.7 Å². The lowest BCUT2D eigenvalue weighted by atomic mass is 9.97. The normalized spacial score (nSPS) is 13.1. The van der Waals surface area contributed by atoms with Gasteiger partial charge in [-0.1, -0.05) is 31.2 Å². The average molecular weight is 416 g/mol. The number of nitrogens with zero attached hydrogens (tertiary/aromatic N) is 6. The van der Waals surface area contributed by atoms with E-state index in [1.807, 2.05) is 25.1 Å². The van der Waals surface area contributed by atoms with Gasteiger partial charge in [0.25, 0.3) is 5.91 Å². The fourth-order valence-corrected chi connectivity index (χ4v) is 3.77. The molecule has 1 aliphatic heterocycles. The number of carbonyl (C=O) groups is 1. The van der Waals surface area contributed by atoms with Gasteiger partial charge in [-0.2, -0.15) is 5.26 Å². The Bertz CT molecular complexity index is 1140. The number of hydrogen-bond acceptors (Lipinski definition) is 6. The maximum absolute atomic E-state index is 12.5. The molecule has 0 unspecified atom stereocenters. The lowest BCUT2D eigenvalue weighted by Gasteiger charge is -2.31. The number of fused-ring (bicyclic) bond motifs is 1. The summed E-state index contributed by atoms with van der Waals surface area (Å²) >= 11 is 0. The van der Waals surface area contributed by atoms with Gasteiger partial charge in [0, 0.05) is 25.8 Å². The van der Waals surface area contributed by atoms with Gasteiger partial charge >= 0.3 is 0 Å². The monoisotopic (exact) mass is 415 g/mol. The van der Waals surface area contributed by atoms with Crippen LogP contribution in [0.4, 0.5) is 5.82 Å². The molecule has 4 rings (SSSR count). The summed E-state index contributed by atoms with van der Waals surface area (Å²) in [5.41, 5.74) is 4.99. The van der Waals surface area contributed by atoms with Crippen LogP contribution in [0.1, 0.15) is 46.7 Å². The number of nitriles is 1. The standard InChI is InChI=1S/C23H25N7O/c1-15(2)12-26-23(31)22-16(3)30(28-27-22)20-6-4-5-18-14-29(10-9-19(18)20)21-8-7-17(11-24)13-25-21/h4-8,13,15H,9-10,12,14H2,1-3H3,(H,26,31). The summed E-state index contributed by atoms with van der Waals surface area (Å²) in [7, 11) is 0. The number of aromatic nitrogens is 4. The van der Waals surface area contributed by atoms with Gasteiger partial charge in [-0.15, -0.1) is 5.10 Å². The maximum Gasteiger partial charge on any atom is 0.273 e. The second-order valence-corrected chi connectivity index (χ2v) is 8.14. The van der Waals surface area contributed by atoms with Crippen molar-refractivity contribution in [1.29, 1.82) is 5.26 Å². The molecule has 0 radical (unpaired) electrons. The summed E-state index contributed by atoms with van der Waals surface area (Å²) in [4.78, 5) is 19.1. The van der Waals surface area contributed by atoms with E-state index in [1.165, 1.54) is 11.1 Å². The van der Waals surface area contributed by atoms with Crippen LogP contribution in [0.2, 0.25) is 0 Å². The van der Waals surface area contributed by atoms with Crippen LogP contribution in [0.5, 0.6) is 0 Å². The first kappa shape index (κ1) is 20.5. The molecule has 0 saturated heterocycles. The van der Waals surface area contributed by atoms with E-state index >= 15 is 0 Å². The molecule has 0 bridgehead atoms. The highest BCUT2D eigenvalue weighted by Crippen LogP contribution is 2.28. The molecule has 0 spiro atoms. The van der Waals surface area contributed by atoms with Gasteiger partial charge < -0.3 is 10.2 Å². The number of pyridine rings is 1. The molecule has 0 fully saturated rings. The first-order valence-electron chi connectivity index (χ1n) is 10.4. The Morgan fingerprint density at radius 1 is 1.29 bits per heavy atom. The van der Waals surface area contributed by atoms with Gasteiger partial charge in [0.1, 0.15) is 11.9 Å². The number of nitrogens with one attached hydrogen (secondary N) is 1. The fourth-order valence-electron chi connectivity index (χ4n) is 3.77. The number of rotatable bonds is 5. The highest BCUT2D eigenvalue weighted by molar-refractivity contribution is 5.93. The third kappa shape index (κ3) is 4.12. The minimum atomic E-state index is -0.194. The third-order valence-electron chi connectivity index (χ3n) is 5.45. The molecule has 1 aromatic carbocycles. The number of amides is 1. The molecule has 3 heterocycles. The zero-order chi connectivity index (χ0) is 22.0.